The highest BCUT2D eigenvalue weighted by Gasteiger charge is 2.13. The Morgan fingerprint density at radius 3 is 2.38 bits per heavy atom. The lowest BCUT2D eigenvalue weighted by atomic mass is 10.1. The van der Waals surface area contributed by atoms with Crippen LogP contribution in [0.3, 0.4) is 0 Å². The van der Waals surface area contributed by atoms with Crippen LogP contribution in [0.5, 0.6) is 11.6 Å². The number of ether oxygens (including phenoxy) is 1. The van der Waals surface area contributed by atoms with Crippen LogP contribution in [0, 0.1) is 34.6 Å². The monoisotopic (exact) mass is 285 g/mol. The number of aromatic nitrogens is 2. The Balaban J connectivity index is 2.44. The zero-order valence-electron chi connectivity index (χ0n) is 13.7. The van der Waals surface area contributed by atoms with Crippen molar-refractivity contribution < 1.29 is 4.74 Å². The summed E-state index contributed by atoms with van der Waals surface area (Å²) in [5.74, 6) is 3.01. The van der Waals surface area contributed by atoms with Crippen molar-refractivity contribution in [2.24, 2.45) is 0 Å². The third-order valence-corrected chi connectivity index (χ3v) is 3.53. The molecule has 0 amide bonds. The maximum atomic E-state index is 6.08. The van der Waals surface area contributed by atoms with E-state index in [1.54, 1.807) is 0 Å². The first kappa shape index (κ1) is 15.3. The molecular weight excluding hydrogens is 262 g/mol. The van der Waals surface area contributed by atoms with Gasteiger partial charge in [-0.1, -0.05) is 6.07 Å². The van der Waals surface area contributed by atoms with Crippen molar-refractivity contribution in [1.29, 1.82) is 0 Å². The summed E-state index contributed by atoms with van der Waals surface area (Å²) < 4.78 is 6.08. The maximum absolute atomic E-state index is 6.08. The molecule has 4 heteroatoms. The van der Waals surface area contributed by atoms with E-state index in [1.165, 1.54) is 11.1 Å². The zero-order chi connectivity index (χ0) is 15.6. The third-order valence-electron chi connectivity index (χ3n) is 3.53. The molecule has 0 fully saturated rings. The largest absolute Gasteiger partial charge is 0.438 e. The lowest BCUT2D eigenvalue weighted by Gasteiger charge is -2.15. The molecule has 112 valence electrons. The topological polar surface area (TPSA) is 47.0 Å². The van der Waals surface area contributed by atoms with Crippen molar-refractivity contribution in [1.82, 2.24) is 9.97 Å². The standard InChI is InChI=1S/C17H23N3O/c1-7-18-16-13(5)17(20-14(6)19-16)21-15-9-10(2)8-11(3)12(15)4/h8-9H,7H2,1-6H3,(H,18,19,20). The molecule has 0 unspecified atom stereocenters. The van der Waals surface area contributed by atoms with Gasteiger partial charge < -0.3 is 10.1 Å². The minimum absolute atomic E-state index is 0.617. The van der Waals surface area contributed by atoms with Crippen LogP contribution in [0.25, 0.3) is 0 Å². The number of anilines is 1. The normalized spacial score (nSPS) is 10.6. The average molecular weight is 285 g/mol. The lowest BCUT2D eigenvalue weighted by molar-refractivity contribution is 0.452. The van der Waals surface area contributed by atoms with Gasteiger partial charge in [-0.15, -0.1) is 0 Å². The first-order valence-electron chi connectivity index (χ1n) is 7.27. The van der Waals surface area contributed by atoms with E-state index < -0.39 is 0 Å². The molecular formula is C17H23N3O. The quantitative estimate of drug-likeness (QED) is 0.912. The molecule has 1 heterocycles. The fourth-order valence-electron chi connectivity index (χ4n) is 2.25. The van der Waals surface area contributed by atoms with E-state index >= 15 is 0 Å². The summed E-state index contributed by atoms with van der Waals surface area (Å²) in [6.07, 6.45) is 0. The van der Waals surface area contributed by atoms with Crippen LogP contribution in [0.15, 0.2) is 12.1 Å². The molecule has 1 aromatic heterocycles. The summed E-state index contributed by atoms with van der Waals surface area (Å²) in [6.45, 7) is 13.0. The van der Waals surface area contributed by atoms with E-state index in [-0.39, 0.29) is 0 Å². The third kappa shape index (κ3) is 3.32. The van der Waals surface area contributed by atoms with Gasteiger partial charge in [-0.2, -0.15) is 4.98 Å². The second kappa shape index (κ2) is 6.12. The van der Waals surface area contributed by atoms with Crippen LogP contribution in [-0.4, -0.2) is 16.5 Å². The molecule has 21 heavy (non-hydrogen) atoms. The summed E-state index contributed by atoms with van der Waals surface area (Å²) in [4.78, 5) is 8.86. The molecule has 0 atom stereocenters. The Labute approximate surface area is 126 Å². The zero-order valence-corrected chi connectivity index (χ0v) is 13.7. The van der Waals surface area contributed by atoms with Crippen molar-refractivity contribution in [3.05, 3.63) is 40.2 Å². The summed E-state index contributed by atoms with van der Waals surface area (Å²) >= 11 is 0. The van der Waals surface area contributed by atoms with E-state index in [1.807, 2.05) is 26.8 Å². The Morgan fingerprint density at radius 2 is 1.71 bits per heavy atom. The van der Waals surface area contributed by atoms with E-state index in [4.69, 9.17) is 4.74 Å². The smallest absolute Gasteiger partial charge is 0.227 e. The van der Waals surface area contributed by atoms with Crippen molar-refractivity contribution in [3.63, 3.8) is 0 Å². The van der Waals surface area contributed by atoms with Gasteiger partial charge in [-0.05, 0) is 64.3 Å². The molecule has 2 rings (SSSR count). The fourth-order valence-corrected chi connectivity index (χ4v) is 2.25. The maximum Gasteiger partial charge on any atom is 0.227 e. The van der Waals surface area contributed by atoms with Gasteiger partial charge in [0, 0.05) is 6.54 Å². The minimum atomic E-state index is 0.617. The Hall–Kier alpha value is -2.10. The van der Waals surface area contributed by atoms with Gasteiger partial charge in [-0.25, -0.2) is 4.98 Å². The highest BCUT2D eigenvalue weighted by atomic mass is 16.5. The lowest BCUT2D eigenvalue weighted by Crippen LogP contribution is -2.06. The van der Waals surface area contributed by atoms with E-state index in [0.717, 1.165) is 29.2 Å². The molecule has 0 saturated heterocycles. The summed E-state index contributed by atoms with van der Waals surface area (Å²) in [5, 5.41) is 3.25. The number of aryl methyl sites for hydroxylation is 3. The molecule has 0 aliphatic carbocycles. The highest BCUT2D eigenvalue weighted by molar-refractivity contribution is 5.51. The van der Waals surface area contributed by atoms with Crippen molar-refractivity contribution >= 4 is 5.82 Å². The predicted octanol–water partition coefficient (Wildman–Crippen LogP) is 4.24. The molecule has 0 aliphatic heterocycles. The van der Waals surface area contributed by atoms with Crippen LogP contribution >= 0.6 is 0 Å². The van der Waals surface area contributed by atoms with E-state index in [9.17, 15) is 0 Å². The second-order valence-corrected chi connectivity index (χ2v) is 5.39. The number of nitrogens with one attached hydrogen (secondary N) is 1. The number of benzene rings is 1. The Bertz CT molecular complexity index is 666. The molecule has 0 spiro atoms. The number of nitrogens with zero attached hydrogens (tertiary/aromatic N) is 2. The number of rotatable bonds is 4. The van der Waals surface area contributed by atoms with Gasteiger partial charge in [0.15, 0.2) is 0 Å². The van der Waals surface area contributed by atoms with Gasteiger partial charge in [0.05, 0.1) is 5.56 Å². The van der Waals surface area contributed by atoms with E-state index in [2.05, 4.69) is 42.1 Å². The molecule has 0 saturated carbocycles. The van der Waals surface area contributed by atoms with Crippen LogP contribution < -0.4 is 10.1 Å². The van der Waals surface area contributed by atoms with Crippen LogP contribution in [0.1, 0.15) is 35.0 Å². The van der Waals surface area contributed by atoms with Crippen LogP contribution in [-0.2, 0) is 0 Å². The molecule has 4 nitrogen and oxygen atoms in total. The molecule has 0 radical (unpaired) electrons. The van der Waals surface area contributed by atoms with Crippen molar-refractivity contribution in [3.8, 4) is 11.6 Å². The van der Waals surface area contributed by atoms with Gasteiger partial charge in [-0.3, -0.25) is 0 Å². The molecule has 2 aromatic rings. The first-order valence-corrected chi connectivity index (χ1v) is 7.27. The Morgan fingerprint density at radius 1 is 1.00 bits per heavy atom. The number of hydrogen-bond donors (Lipinski definition) is 1. The molecule has 0 aliphatic rings. The first-order chi connectivity index (χ1) is 9.92. The van der Waals surface area contributed by atoms with Crippen LogP contribution in [0.2, 0.25) is 0 Å². The van der Waals surface area contributed by atoms with Crippen LogP contribution in [0.4, 0.5) is 5.82 Å². The van der Waals surface area contributed by atoms with E-state index in [0.29, 0.717) is 11.7 Å². The van der Waals surface area contributed by atoms with Gasteiger partial charge in [0.2, 0.25) is 5.88 Å². The molecule has 0 bridgehead atoms. The SMILES string of the molecule is CCNc1nc(C)nc(Oc2cc(C)cc(C)c2C)c1C. The second-order valence-electron chi connectivity index (χ2n) is 5.39. The Kier molecular flexibility index (Phi) is 4.46. The molecule has 1 aromatic carbocycles. The van der Waals surface area contributed by atoms with Gasteiger partial charge in [0.25, 0.3) is 0 Å². The minimum Gasteiger partial charge on any atom is -0.438 e. The van der Waals surface area contributed by atoms with Crippen molar-refractivity contribution in [2.45, 2.75) is 41.5 Å². The summed E-state index contributed by atoms with van der Waals surface area (Å²) in [7, 11) is 0. The number of hydrogen-bond acceptors (Lipinski definition) is 4. The van der Waals surface area contributed by atoms with Gasteiger partial charge in [0.1, 0.15) is 17.4 Å². The molecule has 1 N–H and O–H groups in total. The summed E-state index contributed by atoms with van der Waals surface area (Å²) in [6, 6.07) is 4.20. The summed E-state index contributed by atoms with van der Waals surface area (Å²) in [5.41, 5.74) is 4.48. The highest BCUT2D eigenvalue weighted by Crippen LogP contribution is 2.31. The van der Waals surface area contributed by atoms with Crippen molar-refractivity contribution in [2.75, 3.05) is 11.9 Å². The fraction of sp³-hybridized carbons (Fsp3) is 0.412. The predicted molar refractivity (Wildman–Crippen MR) is 86.4 cm³/mol. The average Bonchev–Trinajstić information content (AvgIpc) is 2.41. The van der Waals surface area contributed by atoms with Gasteiger partial charge >= 0.3 is 0 Å².